The van der Waals surface area contributed by atoms with E-state index in [-0.39, 0.29) is 10.8 Å². The lowest BCUT2D eigenvalue weighted by Crippen LogP contribution is -2.44. The maximum absolute atomic E-state index is 12.7. The van der Waals surface area contributed by atoms with Crippen LogP contribution < -0.4 is 0 Å². The van der Waals surface area contributed by atoms with Crippen LogP contribution in [0.3, 0.4) is 0 Å². The van der Waals surface area contributed by atoms with E-state index in [1.54, 1.807) is 24.3 Å². The number of carbonyl (C=O) groups is 1. The Kier molecular flexibility index (Phi) is 6.36. The third-order valence-corrected chi connectivity index (χ3v) is 10.4. The number of rotatable bonds is 6. The standard InChI is InChI=1S/C24H28ClNO3Si/c1-16(29-30(5,6)24(2,3)4)21(27)15-12-17-8-7-9-20-22(17)28-23(26-20)18-10-13-19(25)14-11-18/h7-16H,1-6H3/b15-12+/t16-/m0/s1. The van der Waals surface area contributed by atoms with Gasteiger partial charge in [-0.3, -0.25) is 4.79 Å². The summed E-state index contributed by atoms with van der Waals surface area (Å²) in [5, 5.41) is 0.709. The van der Waals surface area contributed by atoms with Gasteiger partial charge in [0.2, 0.25) is 5.89 Å². The molecule has 4 nitrogen and oxygen atoms in total. The minimum atomic E-state index is -2.01. The highest BCUT2D eigenvalue weighted by molar-refractivity contribution is 6.74. The van der Waals surface area contributed by atoms with Crippen molar-refractivity contribution < 1.29 is 13.6 Å². The van der Waals surface area contributed by atoms with Crippen molar-refractivity contribution in [2.45, 2.75) is 51.9 Å². The lowest BCUT2D eigenvalue weighted by atomic mass is 10.1. The van der Waals surface area contributed by atoms with Gasteiger partial charge in [0.25, 0.3) is 0 Å². The molecule has 0 spiro atoms. The van der Waals surface area contributed by atoms with Gasteiger partial charge in [-0.25, -0.2) is 4.98 Å². The molecule has 6 heteroatoms. The highest BCUT2D eigenvalue weighted by atomic mass is 35.5. The van der Waals surface area contributed by atoms with Gasteiger partial charge < -0.3 is 8.84 Å². The Bertz CT molecular complexity index is 1080. The van der Waals surface area contributed by atoms with E-state index >= 15 is 0 Å². The van der Waals surface area contributed by atoms with Crippen molar-refractivity contribution in [1.82, 2.24) is 4.98 Å². The predicted molar refractivity (Wildman–Crippen MR) is 126 cm³/mol. The van der Waals surface area contributed by atoms with E-state index in [1.165, 1.54) is 0 Å². The maximum Gasteiger partial charge on any atom is 0.227 e. The number of fused-ring (bicyclic) bond motifs is 1. The first-order valence-electron chi connectivity index (χ1n) is 10.0. The molecule has 2 aromatic carbocycles. The molecule has 1 atom stereocenters. The summed E-state index contributed by atoms with van der Waals surface area (Å²) in [6.07, 6.45) is 2.85. The van der Waals surface area contributed by atoms with Gasteiger partial charge in [0, 0.05) is 16.1 Å². The van der Waals surface area contributed by atoms with Crippen molar-refractivity contribution >= 4 is 42.9 Å². The van der Waals surface area contributed by atoms with Crippen LogP contribution in [0.1, 0.15) is 33.3 Å². The number of hydrogen-bond acceptors (Lipinski definition) is 4. The molecule has 0 aliphatic heterocycles. The summed E-state index contributed by atoms with van der Waals surface area (Å²) < 4.78 is 12.2. The Balaban J connectivity index is 1.82. The van der Waals surface area contributed by atoms with Crippen LogP contribution in [0.25, 0.3) is 28.6 Å². The van der Waals surface area contributed by atoms with Gasteiger partial charge in [0.15, 0.2) is 19.7 Å². The number of nitrogens with zero attached hydrogens (tertiary/aromatic N) is 1. The van der Waals surface area contributed by atoms with Crippen LogP contribution in [0.2, 0.25) is 23.2 Å². The van der Waals surface area contributed by atoms with Crippen LogP contribution in [0.15, 0.2) is 53.0 Å². The molecular weight excluding hydrogens is 414 g/mol. The van der Waals surface area contributed by atoms with Crippen LogP contribution in [0, 0.1) is 0 Å². The SMILES string of the molecule is C[C@H](O[Si](C)(C)C(C)(C)C)C(=O)/C=C/c1cccc2nc(-c3ccc(Cl)cc3)oc12. The fourth-order valence-electron chi connectivity index (χ4n) is 2.80. The summed E-state index contributed by atoms with van der Waals surface area (Å²) in [6.45, 7) is 12.6. The van der Waals surface area contributed by atoms with E-state index in [4.69, 9.17) is 20.4 Å². The Morgan fingerprint density at radius 3 is 2.47 bits per heavy atom. The third-order valence-electron chi connectivity index (χ3n) is 5.64. The topological polar surface area (TPSA) is 52.3 Å². The number of aromatic nitrogens is 1. The summed E-state index contributed by atoms with van der Waals surface area (Å²) >= 11 is 5.96. The molecule has 0 fully saturated rings. The van der Waals surface area contributed by atoms with Crippen LogP contribution in [-0.4, -0.2) is 25.2 Å². The monoisotopic (exact) mass is 441 g/mol. The van der Waals surface area contributed by atoms with Crippen molar-refractivity contribution in [3.63, 3.8) is 0 Å². The molecule has 3 rings (SSSR count). The molecule has 1 heterocycles. The maximum atomic E-state index is 12.7. The molecular formula is C24H28ClNO3Si. The lowest BCUT2D eigenvalue weighted by Gasteiger charge is -2.37. The Hall–Kier alpha value is -2.21. The molecule has 1 aromatic heterocycles. The molecule has 3 aromatic rings. The molecule has 158 valence electrons. The summed E-state index contributed by atoms with van der Waals surface area (Å²) in [5.74, 6) is 0.456. The molecule has 0 radical (unpaired) electrons. The van der Waals surface area contributed by atoms with E-state index in [1.807, 2.05) is 37.3 Å². The van der Waals surface area contributed by atoms with Crippen molar-refractivity contribution in [2.75, 3.05) is 0 Å². The van der Waals surface area contributed by atoms with Crippen molar-refractivity contribution in [3.05, 3.63) is 59.1 Å². The number of halogens is 1. The van der Waals surface area contributed by atoms with Gasteiger partial charge in [0.1, 0.15) is 11.6 Å². The quantitative estimate of drug-likeness (QED) is 0.301. The van der Waals surface area contributed by atoms with E-state index in [0.29, 0.717) is 16.5 Å². The molecule has 0 bridgehead atoms. The lowest BCUT2D eigenvalue weighted by molar-refractivity contribution is -0.120. The zero-order valence-electron chi connectivity index (χ0n) is 18.3. The van der Waals surface area contributed by atoms with Crippen molar-refractivity contribution in [1.29, 1.82) is 0 Å². The van der Waals surface area contributed by atoms with Crippen LogP contribution in [-0.2, 0) is 9.22 Å². The van der Waals surface area contributed by atoms with E-state index in [2.05, 4.69) is 38.8 Å². The number of hydrogen-bond donors (Lipinski definition) is 0. The molecule has 0 saturated carbocycles. The smallest absolute Gasteiger partial charge is 0.227 e. The first kappa shape index (κ1) is 22.5. The molecule has 0 amide bonds. The number of para-hydroxylation sites is 1. The zero-order chi connectivity index (χ0) is 22.1. The minimum Gasteiger partial charge on any atom is -0.435 e. The van der Waals surface area contributed by atoms with Gasteiger partial charge in [-0.2, -0.15) is 0 Å². The van der Waals surface area contributed by atoms with E-state index < -0.39 is 14.4 Å². The summed E-state index contributed by atoms with van der Waals surface area (Å²) in [6, 6.07) is 13.0. The average Bonchev–Trinajstić information content (AvgIpc) is 3.10. The first-order valence-corrected chi connectivity index (χ1v) is 13.3. The minimum absolute atomic E-state index is 0.0504. The second kappa shape index (κ2) is 8.50. The largest absolute Gasteiger partial charge is 0.435 e. The number of oxazole rings is 1. The molecule has 0 saturated heterocycles. The van der Waals surface area contributed by atoms with Crippen molar-refractivity contribution in [3.8, 4) is 11.5 Å². The highest BCUT2D eigenvalue weighted by Gasteiger charge is 2.39. The number of carbonyl (C=O) groups excluding carboxylic acids is 1. The Morgan fingerprint density at radius 1 is 1.17 bits per heavy atom. The van der Waals surface area contributed by atoms with Gasteiger partial charge in [-0.1, -0.05) is 44.5 Å². The molecule has 30 heavy (non-hydrogen) atoms. The van der Waals surface area contributed by atoms with Gasteiger partial charge >= 0.3 is 0 Å². The summed E-state index contributed by atoms with van der Waals surface area (Å²) in [7, 11) is -2.01. The van der Waals surface area contributed by atoms with Gasteiger partial charge in [0.05, 0.1) is 0 Å². The van der Waals surface area contributed by atoms with Crippen LogP contribution in [0.4, 0.5) is 0 Å². The van der Waals surface area contributed by atoms with E-state index in [0.717, 1.165) is 16.6 Å². The molecule has 0 aliphatic carbocycles. The van der Waals surface area contributed by atoms with Crippen molar-refractivity contribution in [2.24, 2.45) is 0 Å². The molecule has 0 aliphatic rings. The zero-order valence-corrected chi connectivity index (χ0v) is 20.1. The normalized spacial score (nSPS) is 13.8. The fraction of sp³-hybridized carbons (Fsp3) is 0.333. The predicted octanol–water partition coefficient (Wildman–Crippen LogP) is 7.14. The second-order valence-corrected chi connectivity index (χ2v) is 14.2. The summed E-state index contributed by atoms with van der Waals surface area (Å²) in [5.41, 5.74) is 3.02. The van der Waals surface area contributed by atoms with Crippen LogP contribution in [0.5, 0.6) is 0 Å². The third kappa shape index (κ3) is 4.91. The molecule has 0 unspecified atom stereocenters. The van der Waals surface area contributed by atoms with Gasteiger partial charge in [-0.15, -0.1) is 0 Å². The Labute approximate surface area is 184 Å². The second-order valence-electron chi connectivity index (χ2n) is 8.98. The van der Waals surface area contributed by atoms with Crippen LogP contribution >= 0.6 is 11.6 Å². The first-order chi connectivity index (χ1) is 14.0. The molecule has 0 N–H and O–H groups in total. The Morgan fingerprint density at radius 2 is 1.83 bits per heavy atom. The van der Waals surface area contributed by atoms with E-state index in [9.17, 15) is 4.79 Å². The summed E-state index contributed by atoms with van der Waals surface area (Å²) in [4.78, 5) is 17.2. The average molecular weight is 442 g/mol. The highest BCUT2D eigenvalue weighted by Crippen LogP contribution is 2.37. The van der Waals surface area contributed by atoms with Gasteiger partial charge in [-0.05, 0) is 67.5 Å². The number of ketones is 1. The number of benzene rings is 2. The fourth-order valence-corrected chi connectivity index (χ4v) is 4.28.